The van der Waals surface area contributed by atoms with Gasteiger partial charge < -0.3 is 4.90 Å². The van der Waals surface area contributed by atoms with Crippen LogP contribution >= 0.6 is 0 Å². The van der Waals surface area contributed by atoms with Gasteiger partial charge in [-0.1, -0.05) is 6.58 Å². The van der Waals surface area contributed by atoms with Crippen molar-refractivity contribution >= 4 is 0 Å². The lowest BCUT2D eigenvalue weighted by atomic mass is 9.91. The molecule has 1 saturated heterocycles. The van der Waals surface area contributed by atoms with Crippen LogP contribution in [0.2, 0.25) is 0 Å². The molecule has 1 aliphatic heterocycles. The minimum atomic E-state index is 0.455. The van der Waals surface area contributed by atoms with E-state index in [9.17, 15) is 0 Å². The van der Waals surface area contributed by atoms with E-state index in [1.165, 1.54) is 0 Å². The van der Waals surface area contributed by atoms with Gasteiger partial charge in [0.1, 0.15) is 0 Å². The topological polar surface area (TPSA) is 27.0 Å². The molecule has 0 aromatic heterocycles. The molecule has 0 aromatic carbocycles. The Morgan fingerprint density at radius 1 is 1.55 bits per heavy atom. The van der Waals surface area contributed by atoms with E-state index in [1.807, 2.05) is 0 Å². The van der Waals surface area contributed by atoms with Crippen molar-refractivity contribution in [3.63, 3.8) is 0 Å². The van der Waals surface area contributed by atoms with Gasteiger partial charge in [-0.3, -0.25) is 0 Å². The first-order valence-electron chi connectivity index (χ1n) is 4.01. The molecule has 0 aromatic rings. The summed E-state index contributed by atoms with van der Waals surface area (Å²) in [5.41, 5.74) is 0.762. The molecule has 1 fully saturated rings. The maximum Gasteiger partial charge on any atom is 0.0943 e. The van der Waals surface area contributed by atoms with Crippen LogP contribution in [-0.4, -0.2) is 25.0 Å². The Hall–Kier alpha value is -0.810. The van der Waals surface area contributed by atoms with Crippen LogP contribution in [-0.2, 0) is 0 Å². The van der Waals surface area contributed by atoms with Gasteiger partial charge in [0.2, 0.25) is 0 Å². The number of hydrogen-bond acceptors (Lipinski definition) is 2. The first kappa shape index (κ1) is 8.29. The monoisotopic (exact) mass is 150 g/mol. The molecular formula is C9H14N2. The molecule has 1 rings (SSSR count). The molecule has 11 heavy (non-hydrogen) atoms. The van der Waals surface area contributed by atoms with Crippen molar-refractivity contribution in [2.45, 2.75) is 12.8 Å². The molecule has 2 nitrogen and oxygen atoms in total. The zero-order valence-electron chi connectivity index (χ0n) is 7.01. The Morgan fingerprint density at radius 2 is 2.09 bits per heavy atom. The van der Waals surface area contributed by atoms with E-state index in [4.69, 9.17) is 5.26 Å². The lowest BCUT2D eigenvalue weighted by molar-refractivity contribution is 0.240. The van der Waals surface area contributed by atoms with Gasteiger partial charge in [-0.2, -0.15) is 5.26 Å². The van der Waals surface area contributed by atoms with Crippen LogP contribution in [0.3, 0.4) is 0 Å². The van der Waals surface area contributed by atoms with E-state index in [0.29, 0.717) is 5.92 Å². The fourth-order valence-electron chi connectivity index (χ4n) is 1.45. The van der Waals surface area contributed by atoms with Gasteiger partial charge >= 0.3 is 0 Å². The molecule has 0 radical (unpaired) electrons. The summed E-state index contributed by atoms with van der Waals surface area (Å²) in [6.07, 6.45) is 2.20. The molecule has 2 heteroatoms. The summed E-state index contributed by atoms with van der Waals surface area (Å²) in [4.78, 5) is 2.29. The first-order valence-corrected chi connectivity index (χ1v) is 4.01. The first-order chi connectivity index (χ1) is 5.24. The molecular weight excluding hydrogens is 136 g/mol. The van der Waals surface area contributed by atoms with Crippen LogP contribution in [0.25, 0.3) is 0 Å². The Bertz CT molecular complexity index is 182. The Morgan fingerprint density at radius 3 is 2.55 bits per heavy atom. The third kappa shape index (κ3) is 2.06. The van der Waals surface area contributed by atoms with Crippen LogP contribution in [0.5, 0.6) is 0 Å². The van der Waals surface area contributed by atoms with Gasteiger partial charge in [-0.05, 0) is 38.9 Å². The van der Waals surface area contributed by atoms with Crippen molar-refractivity contribution < 1.29 is 0 Å². The number of hydrogen-bond donors (Lipinski definition) is 0. The highest BCUT2D eigenvalue weighted by Crippen LogP contribution is 2.21. The SMILES string of the molecule is C=C(C#N)C1CCN(C)CC1. The molecule has 0 saturated carbocycles. The summed E-state index contributed by atoms with van der Waals surface area (Å²) in [5.74, 6) is 0.455. The second-order valence-electron chi connectivity index (χ2n) is 3.21. The zero-order valence-corrected chi connectivity index (χ0v) is 7.01. The number of allylic oxidation sites excluding steroid dienone is 1. The molecule has 60 valence electrons. The van der Waals surface area contributed by atoms with E-state index in [0.717, 1.165) is 31.5 Å². The van der Waals surface area contributed by atoms with Gasteiger partial charge in [-0.25, -0.2) is 0 Å². The summed E-state index contributed by atoms with van der Waals surface area (Å²) < 4.78 is 0. The van der Waals surface area contributed by atoms with Crippen molar-refractivity contribution in [1.29, 1.82) is 5.26 Å². The lowest BCUT2D eigenvalue weighted by Gasteiger charge is -2.28. The molecule has 0 atom stereocenters. The lowest BCUT2D eigenvalue weighted by Crippen LogP contribution is -2.30. The fraction of sp³-hybridized carbons (Fsp3) is 0.667. The third-order valence-electron chi connectivity index (χ3n) is 2.35. The van der Waals surface area contributed by atoms with Crippen molar-refractivity contribution in [3.8, 4) is 6.07 Å². The van der Waals surface area contributed by atoms with Crippen LogP contribution in [0, 0.1) is 17.2 Å². The Kier molecular flexibility index (Phi) is 2.67. The van der Waals surface area contributed by atoms with Crippen LogP contribution < -0.4 is 0 Å². The summed E-state index contributed by atoms with van der Waals surface area (Å²) in [6.45, 7) is 5.95. The van der Waals surface area contributed by atoms with E-state index in [-0.39, 0.29) is 0 Å². The third-order valence-corrected chi connectivity index (χ3v) is 2.35. The predicted molar refractivity (Wildman–Crippen MR) is 45.0 cm³/mol. The quantitative estimate of drug-likeness (QED) is 0.528. The number of nitriles is 1. The smallest absolute Gasteiger partial charge is 0.0943 e. The van der Waals surface area contributed by atoms with Gasteiger partial charge in [0.15, 0.2) is 0 Å². The van der Waals surface area contributed by atoms with E-state index in [1.54, 1.807) is 0 Å². The highest BCUT2D eigenvalue weighted by Gasteiger charge is 2.18. The number of likely N-dealkylation sites (tertiary alicyclic amines) is 1. The Labute approximate surface area is 68.1 Å². The zero-order chi connectivity index (χ0) is 8.27. The number of piperidine rings is 1. The summed E-state index contributed by atoms with van der Waals surface area (Å²) >= 11 is 0. The van der Waals surface area contributed by atoms with E-state index < -0.39 is 0 Å². The Balaban J connectivity index is 2.40. The van der Waals surface area contributed by atoms with Crippen molar-refractivity contribution in [2.24, 2.45) is 5.92 Å². The molecule has 0 amide bonds. The summed E-state index contributed by atoms with van der Waals surface area (Å²) in [6, 6.07) is 2.14. The second kappa shape index (κ2) is 3.54. The summed E-state index contributed by atoms with van der Waals surface area (Å²) in [7, 11) is 2.12. The fourth-order valence-corrected chi connectivity index (χ4v) is 1.45. The molecule has 1 heterocycles. The van der Waals surface area contributed by atoms with Crippen molar-refractivity contribution in [1.82, 2.24) is 4.90 Å². The maximum absolute atomic E-state index is 8.59. The number of nitrogens with zero attached hydrogens (tertiary/aromatic N) is 2. The number of rotatable bonds is 1. The average Bonchev–Trinajstić information content (AvgIpc) is 2.05. The standard InChI is InChI=1S/C9H14N2/c1-8(7-10)9-3-5-11(2)6-4-9/h9H,1,3-6H2,2H3. The highest BCUT2D eigenvalue weighted by atomic mass is 15.1. The average molecular weight is 150 g/mol. The molecule has 0 spiro atoms. The van der Waals surface area contributed by atoms with Gasteiger partial charge in [-0.15, -0.1) is 0 Å². The largest absolute Gasteiger partial charge is 0.306 e. The van der Waals surface area contributed by atoms with Gasteiger partial charge in [0.05, 0.1) is 6.07 Å². The van der Waals surface area contributed by atoms with E-state index in [2.05, 4.69) is 24.6 Å². The summed E-state index contributed by atoms with van der Waals surface area (Å²) in [5, 5.41) is 8.59. The van der Waals surface area contributed by atoms with Gasteiger partial charge in [0, 0.05) is 5.57 Å². The van der Waals surface area contributed by atoms with Crippen LogP contribution in [0.4, 0.5) is 0 Å². The maximum atomic E-state index is 8.59. The van der Waals surface area contributed by atoms with Crippen molar-refractivity contribution in [3.05, 3.63) is 12.2 Å². The minimum absolute atomic E-state index is 0.455. The molecule has 0 aliphatic carbocycles. The highest BCUT2D eigenvalue weighted by molar-refractivity contribution is 5.19. The predicted octanol–water partition coefficient (Wildman–Crippen LogP) is 1.41. The molecule has 0 unspecified atom stereocenters. The normalized spacial score (nSPS) is 21.1. The minimum Gasteiger partial charge on any atom is -0.306 e. The van der Waals surface area contributed by atoms with Crippen LogP contribution in [0.1, 0.15) is 12.8 Å². The molecule has 0 bridgehead atoms. The second-order valence-corrected chi connectivity index (χ2v) is 3.21. The van der Waals surface area contributed by atoms with Gasteiger partial charge in [0.25, 0.3) is 0 Å². The molecule has 1 aliphatic rings. The van der Waals surface area contributed by atoms with Crippen molar-refractivity contribution in [2.75, 3.05) is 20.1 Å². The van der Waals surface area contributed by atoms with Crippen LogP contribution in [0.15, 0.2) is 12.2 Å². The molecule has 0 N–H and O–H groups in total. The van der Waals surface area contributed by atoms with E-state index >= 15 is 0 Å².